The smallest absolute Gasteiger partial charge is 0.227 e. The summed E-state index contributed by atoms with van der Waals surface area (Å²) in [7, 11) is 3.29. The van der Waals surface area contributed by atoms with Gasteiger partial charge in [0.25, 0.3) is 0 Å². The molecule has 2 aliphatic rings. The minimum atomic E-state index is 0.0991. The molecule has 0 radical (unpaired) electrons. The predicted octanol–water partition coefficient (Wildman–Crippen LogP) is 1.26. The Morgan fingerprint density at radius 3 is 2.60 bits per heavy atom. The third kappa shape index (κ3) is 3.90. The molecule has 0 aliphatic carbocycles. The number of fused-ring (bicyclic) bond motifs is 1. The molecular formula is C19H29N3O3. The molecule has 6 nitrogen and oxygen atoms in total. The third-order valence-electron chi connectivity index (χ3n) is 5.33. The monoisotopic (exact) mass is 347 g/mol. The van der Waals surface area contributed by atoms with Gasteiger partial charge in [-0.05, 0) is 49.1 Å². The van der Waals surface area contributed by atoms with Crippen LogP contribution in [0.25, 0.3) is 0 Å². The fourth-order valence-corrected chi connectivity index (χ4v) is 3.97. The highest BCUT2D eigenvalue weighted by Crippen LogP contribution is 2.33. The second-order valence-electron chi connectivity index (χ2n) is 6.91. The van der Waals surface area contributed by atoms with E-state index in [1.54, 1.807) is 14.2 Å². The van der Waals surface area contributed by atoms with E-state index < -0.39 is 0 Å². The van der Waals surface area contributed by atoms with E-state index in [1.807, 2.05) is 17.0 Å². The van der Waals surface area contributed by atoms with Crippen molar-refractivity contribution in [2.45, 2.75) is 25.8 Å². The van der Waals surface area contributed by atoms with Crippen molar-refractivity contribution in [3.8, 4) is 11.5 Å². The number of amides is 1. The van der Waals surface area contributed by atoms with Crippen molar-refractivity contribution in [3.63, 3.8) is 0 Å². The molecule has 1 atom stereocenters. The number of carbonyl (C=O) groups is 1. The van der Waals surface area contributed by atoms with Gasteiger partial charge in [0, 0.05) is 32.7 Å². The lowest BCUT2D eigenvalue weighted by molar-refractivity contribution is -0.138. The second kappa shape index (κ2) is 8.06. The molecule has 6 heteroatoms. The topological polar surface area (TPSA) is 68.0 Å². The highest BCUT2D eigenvalue weighted by Gasteiger charge is 2.31. The van der Waals surface area contributed by atoms with Gasteiger partial charge in [0.2, 0.25) is 5.91 Å². The summed E-state index contributed by atoms with van der Waals surface area (Å²) in [4.78, 5) is 17.3. The van der Waals surface area contributed by atoms with Gasteiger partial charge in [0.15, 0.2) is 11.5 Å². The summed E-state index contributed by atoms with van der Waals surface area (Å²) in [5, 5.41) is 0. The first-order valence-electron chi connectivity index (χ1n) is 9.11. The molecule has 3 rings (SSSR count). The molecule has 0 unspecified atom stereocenters. The van der Waals surface area contributed by atoms with E-state index in [0.29, 0.717) is 13.1 Å². The van der Waals surface area contributed by atoms with Crippen LogP contribution in [0.5, 0.6) is 11.5 Å². The average Bonchev–Trinajstić information content (AvgIpc) is 2.66. The molecule has 25 heavy (non-hydrogen) atoms. The van der Waals surface area contributed by atoms with Crippen LogP contribution in [0.4, 0.5) is 0 Å². The summed E-state index contributed by atoms with van der Waals surface area (Å²) < 4.78 is 10.8. The van der Waals surface area contributed by atoms with Gasteiger partial charge in [-0.25, -0.2) is 0 Å². The van der Waals surface area contributed by atoms with Crippen molar-refractivity contribution in [2.75, 3.05) is 46.9 Å². The molecule has 0 aromatic heterocycles. The predicted molar refractivity (Wildman–Crippen MR) is 96.9 cm³/mol. The maximum atomic E-state index is 13.0. The molecule has 2 heterocycles. The lowest BCUT2D eigenvalue weighted by Gasteiger charge is -2.36. The summed E-state index contributed by atoms with van der Waals surface area (Å²) in [5.74, 6) is 1.86. The van der Waals surface area contributed by atoms with E-state index in [1.165, 1.54) is 5.56 Å². The Morgan fingerprint density at radius 1 is 1.20 bits per heavy atom. The number of nitrogens with two attached hydrogens (primary N) is 1. The Labute approximate surface area is 149 Å². The SMILES string of the molecule is COc1cc2c(cc1OC)CN(C(=O)[C@@H]1CCCN(CCN)C1)CC2. The van der Waals surface area contributed by atoms with E-state index in [0.717, 1.165) is 62.5 Å². The summed E-state index contributed by atoms with van der Waals surface area (Å²) in [5.41, 5.74) is 8.07. The summed E-state index contributed by atoms with van der Waals surface area (Å²) in [6.45, 7) is 4.85. The number of hydrogen-bond donors (Lipinski definition) is 1. The molecular weight excluding hydrogens is 318 g/mol. The zero-order valence-corrected chi connectivity index (χ0v) is 15.3. The van der Waals surface area contributed by atoms with Gasteiger partial charge >= 0.3 is 0 Å². The van der Waals surface area contributed by atoms with Crippen LogP contribution in [-0.2, 0) is 17.8 Å². The van der Waals surface area contributed by atoms with Gasteiger partial charge in [-0.1, -0.05) is 0 Å². The van der Waals surface area contributed by atoms with Gasteiger partial charge in [-0.2, -0.15) is 0 Å². The van der Waals surface area contributed by atoms with Crippen molar-refractivity contribution in [2.24, 2.45) is 11.7 Å². The van der Waals surface area contributed by atoms with E-state index in [4.69, 9.17) is 15.2 Å². The van der Waals surface area contributed by atoms with Crippen LogP contribution in [0.2, 0.25) is 0 Å². The van der Waals surface area contributed by atoms with E-state index in [2.05, 4.69) is 4.90 Å². The number of likely N-dealkylation sites (tertiary alicyclic amines) is 1. The van der Waals surface area contributed by atoms with Gasteiger partial charge in [0.1, 0.15) is 0 Å². The van der Waals surface area contributed by atoms with Crippen LogP contribution in [0.3, 0.4) is 0 Å². The molecule has 1 amide bonds. The molecule has 0 spiro atoms. The maximum Gasteiger partial charge on any atom is 0.227 e. The lowest BCUT2D eigenvalue weighted by Crippen LogP contribution is -2.47. The fraction of sp³-hybridized carbons (Fsp3) is 0.632. The summed E-state index contributed by atoms with van der Waals surface area (Å²) >= 11 is 0. The van der Waals surface area contributed by atoms with Crippen molar-refractivity contribution < 1.29 is 14.3 Å². The summed E-state index contributed by atoms with van der Waals surface area (Å²) in [6.07, 6.45) is 2.92. The Bertz CT molecular complexity index is 618. The van der Waals surface area contributed by atoms with Crippen LogP contribution < -0.4 is 15.2 Å². The molecule has 1 aromatic carbocycles. The molecule has 138 valence electrons. The molecule has 2 aliphatic heterocycles. The van der Waals surface area contributed by atoms with Crippen molar-refractivity contribution >= 4 is 5.91 Å². The van der Waals surface area contributed by atoms with Crippen molar-refractivity contribution in [3.05, 3.63) is 23.3 Å². The molecule has 2 N–H and O–H groups in total. The Balaban J connectivity index is 1.70. The Hall–Kier alpha value is -1.79. The maximum absolute atomic E-state index is 13.0. The van der Waals surface area contributed by atoms with Crippen LogP contribution in [0, 0.1) is 5.92 Å². The number of methoxy groups -OCH3 is 2. The number of nitrogens with zero attached hydrogens (tertiary/aromatic N) is 2. The second-order valence-corrected chi connectivity index (χ2v) is 6.91. The number of ether oxygens (including phenoxy) is 2. The van der Waals surface area contributed by atoms with Crippen LogP contribution >= 0.6 is 0 Å². The lowest BCUT2D eigenvalue weighted by atomic mass is 9.93. The number of benzene rings is 1. The molecule has 1 aromatic rings. The molecule has 0 bridgehead atoms. The number of piperidine rings is 1. The first kappa shape index (κ1) is 18.0. The van der Waals surface area contributed by atoms with E-state index in [-0.39, 0.29) is 11.8 Å². The average molecular weight is 347 g/mol. The van der Waals surface area contributed by atoms with Crippen molar-refractivity contribution in [1.82, 2.24) is 9.80 Å². The molecule has 1 saturated heterocycles. The number of carbonyl (C=O) groups excluding carboxylic acids is 1. The largest absolute Gasteiger partial charge is 0.493 e. The van der Waals surface area contributed by atoms with Crippen LogP contribution in [0.1, 0.15) is 24.0 Å². The normalized spacial score (nSPS) is 20.9. The first-order valence-corrected chi connectivity index (χ1v) is 9.11. The van der Waals surface area contributed by atoms with Gasteiger partial charge in [0.05, 0.1) is 20.1 Å². The third-order valence-corrected chi connectivity index (χ3v) is 5.33. The Morgan fingerprint density at radius 2 is 1.92 bits per heavy atom. The van der Waals surface area contributed by atoms with Gasteiger partial charge < -0.3 is 25.0 Å². The number of hydrogen-bond acceptors (Lipinski definition) is 5. The van der Waals surface area contributed by atoms with Crippen LogP contribution in [0.15, 0.2) is 12.1 Å². The highest BCUT2D eigenvalue weighted by molar-refractivity contribution is 5.79. The molecule has 0 saturated carbocycles. The quantitative estimate of drug-likeness (QED) is 0.868. The highest BCUT2D eigenvalue weighted by atomic mass is 16.5. The van der Waals surface area contributed by atoms with Crippen LogP contribution in [-0.4, -0.2) is 62.7 Å². The van der Waals surface area contributed by atoms with Gasteiger partial charge in [-0.15, -0.1) is 0 Å². The Kier molecular flexibility index (Phi) is 5.81. The minimum Gasteiger partial charge on any atom is -0.493 e. The number of rotatable bonds is 5. The fourth-order valence-electron chi connectivity index (χ4n) is 3.97. The zero-order valence-electron chi connectivity index (χ0n) is 15.3. The summed E-state index contributed by atoms with van der Waals surface area (Å²) in [6, 6.07) is 4.05. The minimum absolute atomic E-state index is 0.0991. The first-order chi connectivity index (χ1) is 12.2. The van der Waals surface area contributed by atoms with E-state index >= 15 is 0 Å². The zero-order chi connectivity index (χ0) is 17.8. The van der Waals surface area contributed by atoms with E-state index in [9.17, 15) is 4.79 Å². The standard InChI is InChI=1S/C19H29N3O3/c1-24-17-10-14-5-8-22(13-16(14)11-18(17)25-2)19(23)15-4-3-7-21(12-15)9-6-20/h10-11,15H,3-9,12-13,20H2,1-2H3/t15-/m1/s1. The van der Waals surface area contributed by atoms with Gasteiger partial charge in [-0.3, -0.25) is 4.79 Å². The molecule has 1 fully saturated rings. The van der Waals surface area contributed by atoms with Crippen molar-refractivity contribution in [1.29, 1.82) is 0 Å².